The van der Waals surface area contributed by atoms with E-state index in [2.05, 4.69) is 5.32 Å². The molecule has 0 unspecified atom stereocenters. The van der Waals surface area contributed by atoms with Gasteiger partial charge in [0.05, 0.1) is 11.2 Å². The number of aliphatic hydroxyl groups is 1. The van der Waals surface area contributed by atoms with E-state index < -0.39 is 5.60 Å². The predicted molar refractivity (Wildman–Crippen MR) is 76.3 cm³/mol. The van der Waals surface area contributed by atoms with Gasteiger partial charge in [0, 0.05) is 32.0 Å². The molecule has 0 aromatic heterocycles. The van der Waals surface area contributed by atoms with Gasteiger partial charge in [-0.2, -0.15) is 0 Å². The summed E-state index contributed by atoms with van der Waals surface area (Å²) in [4.78, 5) is 14.1. The van der Waals surface area contributed by atoms with Gasteiger partial charge in [-0.25, -0.2) is 0 Å². The zero-order valence-electron chi connectivity index (χ0n) is 11.4. The first-order valence-corrected chi connectivity index (χ1v) is 6.49. The number of hydrogen-bond acceptors (Lipinski definition) is 4. The molecule has 1 amide bonds. The molecule has 0 spiro atoms. The fourth-order valence-electron chi connectivity index (χ4n) is 2.23. The average molecular weight is 263 g/mol. The van der Waals surface area contributed by atoms with E-state index in [1.165, 1.54) is 0 Å². The van der Waals surface area contributed by atoms with Crippen molar-refractivity contribution in [3.8, 4) is 0 Å². The van der Waals surface area contributed by atoms with Gasteiger partial charge in [-0.15, -0.1) is 0 Å². The molecule has 5 heteroatoms. The van der Waals surface area contributed by atoms with Crippen LogP contribution >= 0.6 is 0 Å². The van der Waals surface area contributed by atoms with Crippen LogP contribution in [0.2, 0.25) is 0 Å². The standard InChI is InChI=1S/C14H21N3O2/c1-17(2)12-5-4-10(15)8-11(12)13(18)16-9-14(19)6-3-7-14/h4-5,8,19H,3,6-7,9,15H2,1-2H3,(H,16,18). The summed E-state index contributed by atoms with van der Waals surface area (Å²) >= 11 is 0. The van der Waals surface area contributed by atoms with E-state index in [9.17, 15) is 9.90 Å². The van der Waals surface area contributed by atoms with Gasteiger partial charge in [-0.05, 0) is 37.5 Å². The van der Waals surface area contributed by atoms with Crippen LogP contribution in [0.4, 0.5) is 11.4 Å². The van der Waals surface area contributed by atoms with Crippen LogP contribution in [0.5, 0.6) is 0 Å². The van der Waals surface area contributed by atoms with Crippen molar-refractivity contribution in [1.29, 1.82) is 0 Å². The highest BCUT2D eigenvalue weighted by atomic mass is 16.3. The summed E-state index contributed by atoms with van der Waals surface area (Å²) in [5.74, 6) is -0.198. The highest BCUT2D eigenvalue weighted by Gasteiger charge is 2.34. The molecular weight excluding hydrogens is 242 g/mol. The highest BCUT2D eigenvalue weighted by molar-refractivity contribution is 6.00. The maximum atomic E-state index is 12.2. The molecule has 5 nitrogen and oxygen atoms in total. The second-order valence-electron chi connectivity index (χ2n) is 5.43. The molecule has 1 aromatic rings. The molecule has 2 rings (SSSR count). The van der Waals surface area contributed by atoms with Crippen molar-refractivity contribution in [2.45, 2.75) is 24.9 Å². The third-order valence-electron chi connectivity index (χ3n) is 3.61. The summed E-state index contributed by atoms with van der Waals surface area (Å²) in [6.45, 7) is 0.299. The molecule has 1 saturated carbocycles. The first kappa shape index (κ1) is 13.7. The average Bonchev–Trinajstić information content (AvgIpc) is 2.33. The third kappa shape index (κ3) is 2.98. The fourth-order valence-corrected chi connectivity index (χ4v) is 2.23. The molecule has 19 heavy (non-hydrogen) atoms. The fraction of sp³-hybridized carbons (Fsp3) is 0.500. The van der Waals surface area contributed by atoms with Gasteiger partial charge in [-0.3, -0.25) is 4.79 Å². The maximum absolute atomic E-state index is 12.2. The number of carbonyl (C=O) groups excluding carboxylic acids is 1. The van der Waals surface area contributed by atoms with Crippen molar-refractivity contribution in [3.63, 3.8) is 0 Å². The van der Waals surface area contributed by atoms with E-state index in [1.54, 1.807) is 12.1 Å². The number of anilines is 2. The number of nitrogens with two attached hydrogens (primary N) is 1. The maximum Gasteiger partial charge on any atom is 0.253 e. The lowest BCUT2D eigenvalue weighted by Gasteiger charge is -2.36. The number of rotatable bonds is 4. The Morgan fingerprint density at radius 2 is 2.16 bits per heavy atom. The molecule has 0 bridgehead atoms. The number of amides is 1. The smallest absolute Gasteiger partial charge is 0.253 e. The molecule has 1 aliphatic carbocycles. The number of benzene rings is 1. The molecule has 1 aromatic carbocycles. The lowest BCUT2D eigenvalue weighted by atomic mass is 9.80. The quantitative estimate of drug-likeness (QED) is 0.708. The largest absolute Gasteiger partial charge is 0.399 e. The molecule has 0 heterocycles. The molecular formula is C14H21N3O2. The first-order chi connectivity index (χ1) is 8.91. The minimum absolute atomic E-state index is 0.198. The lowest BCUT2D eigenvalue weighted by Crippen LogP contribution is -2.47. The SMILES string of the molecule is CN(C)c1ccc(N)cc1C(=O)NCC1(O)CCC1. The van der Waals surface area contributed by atoms with Crippen LogP contribution in [0.1, 0.15) is 29.6 Å². The van der Waals surface area contributed by atoms with Crippen LogP contribution < -0.4 is 16.0 Å². The van der Waals surface area contributed by atoms with Crippen molar-refractivity contribution < 1.29 is 9.90 Å². The minimum Gasteiger partial charge on any atom is -0.399 e. The Bertz CT molecular complexity index is 482. The zero-order chi connectivity index (χ0) is 14.0. The van der Waals surface area contributed by atoms with Gasteiger partial charge < -0.3 is 21.1 Å². The van der Waals surface area contributed by atoms with Gasteiger partial charge in [0.15, 0.2) is 0 Å². The van der Waals surface area contributed by atoms with Crippen molar-refractivity contribution in [1.82, 2.24) is 5.32 Å². The molecule has 0 radical (unpaired) electrons. The summed E-state index contributed by atoms with van der Waals surface area (Å²) in [5.41, 5.74) is 6.92. The third-order valence-corrected chi connectivity index (χ3v) is 3.61. The zero-order valence-corrected chi connectivity index (χ0v) is 11.4. The molecule has 1 aliphatic rings. The first-order valence-electron chi connectivity index (χ1n) is 6.49. The summed E-state index contributed by atoms with van der Waals surface area (Å²) < 4.78 is 0. The molecule has 0 aliphatic heterocycles. The number of nitrogens with zero attached hydrogens (tertiary/aromatic N) is 1. The highest BCUT2D eigenvalue weighted by Crippen LogP contribution is 2.31. The van der Waals surface area contributed by atoms with E-state index in [0.29, 0.717) is 17.8 Å². The van der Waals surface area contributed by atoms with Crippen LogP contribution in [-0.2, 0) is 0 Å². The molecule has 4 N–H and O–H groups in total. The molecule has 0 atom stereocenters. The van der Waals surface area contributed by atoms with Crippen LogP contribution in [0.3, 0.4) is 0 Å². The summed E-state index contributed by atoms with van der Waals surface area (Å²) in [6, 6.07) is 5.25. The second kappa shape index (κ2) is 5.09. The Hall–Kier alpha value is -1.75. The van der Waals surface area contributed by atoms with Crippen LogP contribution in [-0.4, -0.2) is 37.3 Å². The Morgan fingerprint density at radius 3 is 2.68 bits per heavy atom. The van der Waals surface area contributed by atoms with Crippen LogP contribution in [0, 0.1) is 0 Å². The summed E-state index contributed by atoms with van der Waals surface area (Å²) in [6.07, 6.45) is 2.53. The summed E-state index contributed by atoms with van der Waals surface area (Å²) in [5, 5.41) is 12.8. The molecule has 1 fully saturated rings. The predicted octanol–water partition coefficient (Wildman–Crippen LogP) is 0.980. The molecule has 104 valence electrons. The van der Waals surface area contributed by atoms with E-state index in [1.807, 2.05) is 25.1 Å². The van der Waals surface area contributed by atoms with Crippen molar-refractivity contribution >= 4 is 17.3 Å². The topological polar surface area (TPSA) is 78.6 Å². The lowest BCUT2D eigenvalue weighted by molar-refractivity contribution is -0.0300. The number of nitrogens with one attached hydrogen (secondary N) is 1. The Morgan fingerprint density at radius 1 is 1.47 bits per heavy atom. The van der Waals surface area contributed by atoms with Gasteiger partial charge in [-0.1, -0.05) is 0 Å². The Kier molecular flexibility index (Phi) is 3.66. The Labute approximate surface area is 113 Å². The van der Waals surface area contributed by atoms with E-state index in [0.717, 1.165) is 24.9 Å². The van der Waals surface area contributed by atoms with Crippen molar-refractivity contribution in [2.24, 2.45) is 0 Å². The number of carbonyl (C=O) groups is 1. The van der Waals surface area contributed by atoms with Crippen LogP contribution in [0.15, 0.2) is 18.2 Å². The summed E-state index contributed by atoms with van der Waals surface area (Å²) in [7, 11) is 3.75. The molecule has 0 saturated heterocycles. The van der Waals surface area contributed by atoms with E-state index in [-0.39, 0.29) is 5.91 Å². The normalized spacial score (nSPS) is 16.6. The van der Waals surface area contributed by atoms with Crippen molar-refractivity contribution in [3.05, 3.63) is 23.8 Å². The second-order valence-corrected chi connectivity index (χ2v) is 5.43. The van der Waals surface area contributed by atoms with Gasteiger partial charge in [0.25, 0.3) is 5.91 Å². The van der Waals surface area contributed by atoms with E-state index in [4.69, 9.17) is 5.73 Å². The van der Waals surface area contributed by atoms with E-state index >= 15 is 0 Å². The van der Waals surface area contributed by atoms with Gasteiger partial charge in [0.2, 0.25) is 0 Å². The van der Waals surface area contributed by atoms with Gasteiger partial charge in [0.1, 0.15) is 0 Å². The van der Waals surface area contributed by atoms with Crippen molar-refractivity contribution in [2.75, 3.05) is 31.3 Å². The minimum atomic E-state index is -0.714. The van der Waals surface area contributed by atoms with Crippen LogP contribution in [0.25, 0.3) is 0 Å². The Balaban J connectivity index is 2.11. The number of hydrogen-bond donors (Lipinski definition) is 3. The monoisotopic (exact) mass is 263 g/mol. The van der Waals surface area contributed by atoms with Gasteiger partial charge >= 0.3 is 0 Å². The number of nitrogen functional groups attached to an aromatic ring is 1.